The predicted octanol–water partition coefficient (Wildman–Crippen LogP) is 2.92. The van der Waals surface area contributed by atoms with Gasteiger partial charge in [-0.05, 0) is 31.5 Å². The average molecular weight is 398 g/mol. The van der Waals surface area contributed by atoms with Crippen LogP contribution < -0.4 is 5.73 Å². The van der Waals surface area contributed by atoms with Crippen molar-refractivity contribution in [2.45, 2.75) is 13.8 Å². The first-order valence-electron chi connectivity index (χ1n) is 6.06. The van der Waals surface area contributed by atoms with Crippen molar-refractivity contribution in [1.82, 2.24) is 15.1 Å². The first-order valence-corrected chi connectivity index (χ1v) is 6.94. The van der Waals surface area contributed by atoms with E-state index in [2.05, 4.69) is 15.1 Å². The van der Waals surface area contributed by atoms with Crippen LogP contribution >= 0.6 is 23.0 Å². The lowest BCUT2D eigenvalue weighted by Gasteiger charge is -2.04. The number of benzene rings is 1. The summed E-state index contributed by atoms with van der Waals surface area (Å²) in [5.74, 6) is 0.428. The molecule has 8 heteroatoms. The van der Waals surface area contributed by atoms with Crippen molar-refractivity contribution in [2.75, 3.05) is 5.73 Å². The Labute approximate surface area is 133 Å². The normalized spacial score (nSPS) is 11.0. The molecule has 0 aliphatic heterocycles. The average Bonchev–Trinajstić information content (AvgIpc) is 2.98. The molecular formula is C13H11IN4O3. The largest absolute Gasteiger partial charge is 0.391 e. The van der Waals surface area contributed by atoms with Gasteiger partial charge in [0.25, 0.3) is 0 Å². The second-order valence-corrected chi connectivity index (χ2v) is 5.05. The number of carbonyl (C=O) groups is 1. The van der Waals surface area contributed by atoms with Crippen molar-refractivity contribution < 1.29 is 12.4 Å². The van der Waals surface area contributed by atoms with Gasteiger partial charge in [0.2, 0.25) is 0 Å². The molecule has 108 valence electrons. The second-order valence-electron chi connectivity index (χ2n) is 4.61. The lowest BCUT2D eigenvalue weighted by molar-refractivity contribution is 0.0802. The Hall–Kier alpha value is -2.10. The van der Waals surface area contributed by atoms with E-state index in [1.54, 1.807) is 29.1 Å². The maximum Gasteiger partial charge on any atom is 0.349 e. The van der Waals surface area contributed by atoms with Crippen LogP contribution in [0, 0.1) is 13.8 Å². The summed E-state index contributed by atoms with van der Waals surface area (Å²) in [6.07, 6.45) is 0. The Morgan fingerprint density at radius 2 is 2.19 bits per heavy atom. The highest BCUT2D eigenvalue weighted by molar-refractivity contribution is 14.1. The van der Waals surface area contributed by atoms with Crippen molar-refractivity contribution >= 4 is 46.0 Å². The molecule has 3 rings (SSSR count). The van der Waals surface area contributed by atoms with Gasteiger partial charge in [-0.15, -0.1) is 0 Å². The Balaban J connectivity index is 2.33. The molecule has 0 atom stereocenters. The molecule has 0 unspecified atom stereocenters. The van der Waals surface area contributed by atoms with Gasteiger partial charge < -0.3 is 18.3 Å². The Morgan fingerprint density at radius 1 is 1.43 bits per heavy atom. The van der Waals surface area contributed by atoms with Crippen LogP contribution in [-0.4, -0.2) is 21.1 Å². The van der Waals surface area contributed by atoms with Crippen LogP contribution in [0.3, 0.4) is 0 Å². The van der Waals surface area contributed by atoms with E-state index in [4.69, 9.17) is 13.3 Å². The fraction of sp³-hybridized carbons (Fsp3) is 0.154. The number of nitrogens with zero attached hydrogens (tertiary/aromatic N) is 2. The number of H-pyrrole nitrogens is 1. The standard InChI is InChI=1S/C13H11IN4O3/c1-5-10(6(2)21-18-5)7-3-8(12(19)20-14)11-9(4-7)16-13(15)17-11/h3-4H,1-2H3,(H3,15,16,17). The Bertz CT molecular complexity index is 833. The van der Waals surface area contributed by atoms with E-state index in [1.165, 1.54) is 0 Å². The van der Waals surface area contributed by atoms with Gasteiger partial charge in [-0.3, -0.25) is 0 Å². The zero-order chi connectivity index (χ0) is 15.1. The molecule has 0 saturated carbocycles. The number of anilines is 1. The van der Waals surface area contributed by atoms with Crippen LogP contribution in [0.25, 0.3) is 22.2 Å². The van der Waals surface area contributed by atoms with Crippen LogP contribution in [-0.2, 0) is 3.07 Å². The van der Waals surface area contributed by atoms with Crippen LogP contribution in [0.15, 0.2) is 16.7 Å². The molecule has 21 heavy (non-hydrogen) atoms. The highest BCUT2D eigenvalue weighted by Gasteiger charge is 2.19. The zero-order valence-electron chi connectivity index (χ0n) is 11.2. The Kier molecular flexibility index (Phi) is 3.32. The monoisotopic (exact) mass is 398 g/mol. The van der Waals surface area contributed by atoms with Crippen molar-refractivity contribution in [1.29, 1.82) is 0 Å². The number of hydrogen-bond acceptors (Lipinski definition) is 6. The quantitative estimate of drug-likeness (QED) is 0.643. The first kappa shape index (κ1) is 13.9. The fourth-order valence-electron chi connectivity index (χ4n) is 2.37. The van der Waals surface area contributed by atoms with E-state index in [0.29, 0.717) is 22.4 Å². The third-order valence-corrected chi connectivity index (χ3v) is 3.62. The van der Waals surface area contributed by atoms with E-state index in [0.717, 1.165) is 16.8 Å². The van der Waals surface area contributed by atoms with Gasteiger partial charge in [0.05, 0.1) is 16.8 Å². The summed E-state index contributed by atoms with van der Waals surface area (Å²) in [4.78, 5) is 19.0. The minimum Gasteiger partial charge on any atom is -0.391 e. The SMILES string of the molecule is Cc1noc(C)c1-c1cc(C(=O)OI)c2nc(N)[nH]c2c1. The number of nitrogens with two attached hydrogens (primary N) is 1. The molecule has 0 radical (unpaired) electrons. The highest BCUT2D eigenvalue weighted by atomic mass is 127. The van der Waals surface area contributed by atoms with E-state index < -0.39 is 5.97 Å². The number of hydrogen-bond donors (Lipinski definition) is 2. The minimum atomic E-state index is -0.485. The molecule has 3 aromatic rings. The van der Waals surface area contributed by atoms with Gasteiger partial charge in [-0.2, -0.15) is 0 Å². The molecule has 7 nitrogen and oxygen atoms in total. The summed E-state index contributed by atoms with van der Waals surface area (Å²) in [5.41, 5.74) is 9.52. The van der Waals surface area contributed by atoms with Gasteiger partial charge in [-0.1, -0.05) is 5.16 Å². The molecule has 2 aromatic heterocycles. The van der Waals surface area contributed by atoms with Gasteiger partial charge >= 0.3 is 5.97 Å². The van der Waals surface area contributed by atoms with E-state index >= 15 is 0 Å². The molecule has 0 spiro atoms. The van der Waals surface area contributed by atoms with Gasteiger partial charge in [0, 0.05) is 5.56 Å². The number of fused-ring (bicyclic) bond motifs is 1. The van der Waals surface area contributed by atoms with Crippen molar-refractivity contribution in [3.8, 4) is 11.1 Å². The summed E-state index contributed by atoms with van der Waals surface area (Å²) in [6.45, 7) is 3.66. The maximum atomic E-state index is 12.0. The number of nitrogen functional groups attached to an aromatic ring is 1. The second kappa shape index (κ2) is 5.02. The van der Waals surface area contributed by atoms with E-state index in [9.17, 15) is 4.79 Å². The zero-order valence-corrected chi connectivity index (χ0v) is 13.4. The minimum absolute atomic E-state index is 0.239. The van der Waals surface area contributed by atoms with E-state index in [-0.39, 0.29) is 5.95 Å². The third-order valence-electron chi connectivity index (χ3n) is 3.22. The molecule has 0 aliphatic rings. The van der Waals surface area contributed by atoms with Crippen LogP contribution in [0.5, 0.6) is 0 Å². The van der Waals surface area contributed by atoms with E-state index in [1.807, 2.05) is 19.9 Å². The predicted molar refractivity (Wildman–Crippen MR) is 84.9 cm³/mol. The molecule has 3 N–H and O–H groups in total. The lowest BCUT2D eigenvalue weighted by Crippen LogP contribution is -2.00. The fourth-order valence-corrected chi connectivity index (χ4v) is 2.61. The number of aromatic nitrogens is 3. The molecule has 0 amide bonds. The summed E-state index contributed by atoms with van der Waals surface area (Å²) in [6, 6.07) is 3.56. The molecular weight excluding hydrogens is 387 g/mol. The molecule has 0 fully saturated rings. The maximum absolute atomic E-state index is 12.0. The van der Waals surface area contributed by atoms with Crippen LogP contribution in [0.1, 0.15) is 21.8 Å². The highest BCUT2D eigenvalue weighted by Crippen LogP contribution is 2.31. The third kappa shape index (κ3) is 2.24. The first-order chi connectivity index (χ1) is 10.0. The number of imidazole rings is 1. The number of rotatable bonds is 2. The van der Waals surface area contributed by atoms with Gasteiger partial charge in [-0.25, -0.2) is 9.78 Å². The molecule has 2 heterocycles. The molecule has 1 aromatic carbocycles. The van der Waals surface area contributed by atoms with Crippen molar-refractivity contribution in [3.63, 3.8) is 0 Å². The lowest BCUT2D eigenvalue weighted by atomic mass is 10.0. The number of aromatic amines is 1. The van der Waals surface area contributed by atoms with Gasteiger partial charge in [0.15, 0.2) is 29.0 Å². The van der Waals surface area contributed by atoms with Crippen molar-refractivity contribution in [2.24, 2.45) is 0 Å². The molecule has 0 aliphatic carbocycles. The van der Waals surface area contributed by atoms with Crippen LogP contribution in [0.2, 0.25) is 0 Å². The number of carbonyl (C=O) groups excluding carboxylic acids is 1. The number of nitrogens with one attached hydrogen (secondary N) is 1. The summed E-state index contributed by atoms with van der Waals surface area (Å²) < 4.78 is 9.96. The van der Waals surface area contributed by atoms with Gasteiger partial charge in [0.1, 0.15) is 11.3 Å². The molecule has 0 bridgehead atoms. The molecule has 0 saturated heterocycles. The summed E-state index contributed by atoms with van der Waals surface area (Å²) in [7, 11) is 0. The number of aryl methyl sites for hydroxylation is 2. The van der Waals surface area contributed by atoms with Crippen molar-refractivity contribution in [3.05, 3.63) is 29.2 Å². The Morgan fingerprint density at radius 3 is 2.81 bits per heavy atom. The summed E-state index contributed by atoms with van der Waals surface area (Å²) in [5, 5.41) is 3.93. The smallest absolute Gasteiger partial charge is 0.349 e. The number of halogens is 1. The van der Waals surface area contributed by atoms with Crippen LogP contribution in [0.4, 0.5) is 5.95 Å². The topological polar surface area (TPSA) is 107 Å². The summed E-state index contributed by atoms with van der Waals surface area (Å²) >= 11 is 1.55.